The van der Waals surface area contributed by atoms with E-state index in [1.54, 1.807) is 0 Å². The van der Waals surface area contributed by atoms with Crippen LogP contribution in [0.15, 0.2) is 12.2 Å². The van der Waals surface area contributed by atoms with E-state index < -0.39 is 0 Å². The van der Waals surface area contributed by atoms with Crippen molar-refractivity contribution in [2.24, 2.45) is 0 Å². The molecule has 15 heavy (non-hydrogen) atoms. The minimum absolute atomic E-state index is 0.318. The van der Waals surface area contributed by atoms with Gasteiger partial charge in [-0.05, 0) is 39.7 Å². The summed E-state index contributed by atoms with van der Waals surface area (Å²) in [6.45, 7) is 14.3. The smallest absolute Gasteiger partial charge is 0.0728 e. The standard InChI is InChI=1S/C13H27NO/c1-6-9-14-12(10-11(4)5)13(7-2)15-8-3/h12-14H,4,6-10H2,1-3,5H3. The summed E-state index contributed by atoms with van der Waals surface area (Å²) in [7, 11) is 0. The molecule has 0 aromatic rings. The third-order valence-electron chi connectivity index (χ3n) is 2.46. The number of ether oxygens (including phenoxy) is 1. The molecule has 2 heteroatoms. The Bertz CT molecular complexity index is 168. The van der Waals surface area contributed by atoms with Crippen LogP contribution in [0.25, 0.3) is 0 Å². The number of hydrogen-bond acceptors (Lipinski definition) is 2. The maximum absolute atomic E-state index is 5.75. The zero-order valence-corrected chi connectivity index (χ0v) is 10.8. The van der Waals surface area contributed by atoms with Crippen LogP contribution in [0, 0.1) is 0 Å². The first-order valence-corrected chi connectivity index (χ1v) is 6.14. The van der Waals surface area contributed by atoms with Crippen molar-refractivity contribution in [2.75, 3.05) is 13.2 Å². The van der Waals surface area contributed by atoms with E-state index in [0.717, 1.165) is 32.4 Å². The average Bonchev–Trinajstić information content (AvgIpc) is 2.20. The lowest BCUT2D eigenvalue weighted by molar-refractivity contribution is 0.0320. The van der Waals surface area contributed by atoms with Crippen LogP contribution in [0.3, 0.4) is 0 Å². The van der Waals surface area contributed by atoms with E-state index in [2.05, 4.69) is 39.6 Å². The Morgan fingerprint density at radius 3 is 2.40 bits per heavy atom. The Kier molecular flexibility index (Phi) is 8.73. The molecule has 0 amide bonds. The van der Waals surface area contributed by atoms with Gasteiger partial charge in [0.05, 0.1) is 6.10 Å². The van der Waals surface area contributed by atoms with Crippen molar-refractivity contribution in [3.63, 3.8) is 0 Å². The third kappa shape index (κ3) is 6.69. The summed E-state index contributed by atoms with van der Waals surface area (Å²) in [4.78, 5) is 0. The summed E-state index contributed by atoms with van der Waals surface area (Å²) < 4.78 is 5.75. The second-order valence-electron chi connectivity index (χ2n) is 4.12. The molecule has 2 unspecified atom stereocenters. The Morgan fingerprint density at radius 1 is 1.33 bits per heavy atom. The van der Waals surface area contributed by atoms with E-state index in [0.29, 0.717) is 12.1 Å². The third-order valence-corrected chi connectivity index (χ3v) is 2.46. The van der Waals surface area contributed by atoms with Gasteiger partial charge in [-0.25, -0.2) is 0 Å². The maximum Gasteiger partial charge on any atom is 0.0728 e. The molecule has 0 aliphatic carbocycles. The van der Waals surface area contributed by atoms with Crippen LogP contribution in [0.5, 0.6) is 0 Å². The van der Waals surface area contributed by atoms with Crippen molar-refractivity contribution < 1.29 is 4.74 Å². The van der Waals surface area contributed by atoms with Gasteiger partial charge in [0.15, 0.2) is 0 Å². The van der Waals surface area contributed by atoms with Crippen LogP contribution in [0.1, 0.15) is 47.0 Å². The van der Waals surface area contributed by atoms with Crippen LogP contribution < -0.4 is 5.32 Å². The van der Waals surface area contributed by atoms with Crippen molar-refractivity contribution in [1.29, 1.82) is 0 Å². The number of nitrogens with one attached hydrogen (secondary N) is 1. The summed E-state index contributed by atoms with van der Waals surface area (Å²) in [5.41, 5.74) is 1.22. The maximum atomic E-state index is 5.75. The highest BCUT2D eigenvalue weighted by atomic mass is 16.5. The molecule has 0 aliphatic rings. The summed E-state index contributed by atoms with van der Waals surface area (Å²) >= 11 is 0. The first-order valence-electron chi connectivity index (χ1n) is 6.14. The van der Waals surface area contributed by atoms with Crippen molar-refractivity contribution in [3.05, 3.63) is 12.2 Å². The predicted molar refractivity (Wildman–Crippen MR) is 67.2 cm³/mol. The molecule has 0 bridgehead atoms. The second-order valence-corrected chi connectivity index (χ2v) is 4.12. The molecule has 0 fully saturated rings. The van der Waals surface area contributed by atoms with Gasteiger partial charge < -0.3 is 10.1 Å². The molecule has 0 aromatic carbocycles. The Morgan fingerprint density at radius 2 is 2.00 bits per heavy atom. The molecule has 2 nitrogen and oxygen atoms in total. The second kappa shape index (κ2) is 8.93. The van der Waals surface area contributed by atoms with Gasteiger partial charge in [0.2, 0.25) is 0 Å². The van der Waals surface area contributed by atoms with Crippen molar-refractivity contribution in [2.45, 2.75) is 59.1 Å². The zero-order valence-electron chi connectivity index (χ0n) is 10.8. The van der Waals surface area contributed by atoms with Crippen LogP contribution in [-0.4, -0.2) is 25.3 Å². The minimum atomic E-state index is 0.318. The molecule has 0 aromatic heterocycles. The van der Waals surface area contributed by atoms with Crippen LogP contribution in [0.4, 0.5) is 0 Å². The molecule has 0 aliphatic heterocycles. The summed E-state index contributed by atoms with van der Waals surface area (Å²) in [6, 6.07) is 0.424. The quantitative estimate of drug-likeness (QED) is 0.594. The normalized spacial score (nSPS) is 14.9. The lowest BCUT2D eigenvalue weighted by Crippen LogP contribution is -2.41. The van der Waals surface area contributed by atoms with Gasteiger partial charge in [-0.15, -0.1) is 6.58 Å². The van der Waals surface area contributed by atoms with Crippen molar-refractivity contribution >= 4 is 0 Å². The fraction of sp³-hybridized carbons (Fsp3) is 0.846. The van der Waals surface area contributed by atoms with Crippen LogP contribution >= 0.6 is 0 Å². The van der Waals surface area contributed by atoms with E-state index in [-0.39, 0.29) is 0 Å². The number of rotatable bonds is 9. The van der Waals surface area contributed by atoms with Gasteiger partial charge in [0.25, 0.3) is 0 Å². The van der Waals surface area contributed by atoms with Crippen LogP contribution in [0.2, 0.25) is 0 Å². The SMILES string of the molecule is C=C(C)CC(NCCC)C(CC)OCC. The largest absolute Gasteiger partial charge is 0.377 e. The van der Waals surface area contributed by atoms with Crippen molar-refractivity contribution in [1.82, 2.24) is 5.32 Å². The van der Waals surface area contributed by atoms with E-state index in [1.165, 1.54) is 5.57 Å². The minimum Gasteiger partial charge on any atom is -0.377 e. The lowest BCUT2D eigenvalue weighted by Gasteiger charge is -2.27. The summed E-state index contributed by atoms with van der Waals surface area (Å²) in [5.74, 6) is 0. The van der Waals surface area contributed by atoms with E-state index >= 15 is 0 Å². The molecule has 2 atom stereocenters. The number of hydrogen-bond donors (Lipinski definition) is 1. The zero-order chi connectivity index (χ0) is 11.7. The van der Waals surface area contributed by atoms with E-state index in [4.69, 9.17) is 4.74 Å². The lowest BCUT2D eigenvalue weighted by atomic mass is 10.0. The highest BCUT2D eigenvalue weighted by Crippen LogP contribution is 2.12. The molecule has 0 rings (SSSR count). The molecule has 90 valence electrons. The Labute approximate surface area is 95.1 Å². The molecule has 0 heterocycles. The summed E-state index contributed by atoms with van der Waals surface area (Å²) in [5, 5.41) is 3.55. The highest BCUT2D eigenvalue weighted by molar-refractivity contribution is 4.95. The van der Waals surface area contributed by atoms with Gasteiger partial charge >= 0.3 is 0 Å². The molecule has 1 N–H and O–H groups in total. The fourth-order valence-corrected chi connectivity index (χ4v) is 1.77. The molecular formula is C13H27NO. The molecule has 0 saturated carbocycles. The van der Waals surface area contributed by atoms with Gasteiger partial charge in [-0.2, -0.15) is 0 Å². The first-order chi connectivity index (χ1) is 7.15. The van der Waals surface area contributed by atoms with Gasteiger partial charge in [-0.3, -0.25) is 0 Å². The summed E-state index contributed by atoms with van der Waals surface area (Å²) in [6.07, 6.45) is 3.55. The van der Waals surface area contributed by atoms with E-state index in [9.17, 15) is 0 Å². The fourth-order valence-electron chi connectivity index (χ4n) is 1.77. The average molecular weight is 213 g/mol. The molecule has 0 spiro atoms. The Balaban J connectivity index is 4.21. The predicted octanol–water partition coefficient (Wildman–Crippen LogP) is 3.14. The topological polar surface area (TPSA) is 21.3 Å². The monoisotopic (exact) mass is 213 g/mol. The van der Waals surface area contributed by atoms with Crippen LogP contribution in [-0.2, 0) is 4.74 Å². The van der Waals surface area contributed by atoms with Gasteiger partial charge in [0, 0.05) is 12.6 Å². The molecule has 0 radical (unpaired) electrons. The Hall–Kier alpha value is -0.340. The van der Waals surface area contributed by atoms with Gasteiger partial charge in [-0.1, -0.05) is 19.4 Å². The van der Waals surface area contributed by atoms with Crippen molar-refractivity contribution in [3.8, 4) is 0 Å². The van der Waals surface area contributed by atoms with E-state index in [1.807, 2.05) is 0 Å². The molecule has 0 saturated heterocycles. The molecular weight excluding hydrogens is 186 g/mol. The highest BCUT2D eigenvalue weighted by Gasteiger charge is 2.19. The first kappa shape index (κ1) is 14.7. The van der Waals surface area contributed by atoms with Gasteiger partial charge in [0.1, 0.15) is 0 Å².